The average Bonchev–Trinajstić information content (AvgIpc) is 3.09. The number of hydrogen-bond acceptors (Lipinski definition) is 2. The summed E-state index contributed by atoms with van der Waals surface area (Å²) in [5.41, 5.74) is 2.32. The van der Waals surface area contributed by atoms with E-state index >= 15 is 0 Å². The van der Waals surface area contributed by atoms with E-state index in [1.807, 2.05) is 12.1 Å². The summed E-state index contributed by atoms with van der Waals surface area (Å²) in [6.07, 6.45) is 4.82. The van der Waals surface area contributed by atoms with Gasteiger partial charge in [-0.3, -0.25) is 4.90 Å². The monoisotopic (exact) mass is 329 g/mol. The molecule has 2 nitrogen and oxygen atoms in total. The highest BCUT2D eigenvalue weighted by Gasteiger charge is 2.10. The molecule has 4 heteroatoms. The van der Waals surface area contributed by atoms with Gasteiger partial charge in [-0.15, -0.1) is 0 Å². The Morgan fingerprint density at radius 1 is 1.08 bits per heavy atom. The third-order valence-corrected chi connectivity index (χ3v) is 4.29. The summed E-state index contributed by atoms with van der Waals surface area (Å²) >= 11 is 0. The smallest absolute Gasteiger partial charge is 0.168 e. The topological polar surface area (TPSA) is 12.5 Å². The fourth-order valence-corrected chi connectivity index (χ4v) is 2.82. The summed E-state index contributed by atoms with van der Waals surface area (Å²) in [5.74, 6) is -0.781. The molecule has 0 aliphatic carbocycles. The van der Waals surface area contributed by atoms with Gasteiger partial charge < -0.3 is 4.74 Å². The van der Waals surface area contributed by atoms with E-state index in [4.69, 9.17) is 4.74 Å². The van der Waals surface area contributed by atoms with E-state index in [1.165, 1.54) is 43.6 Å². The largest absolute Gasteiger partial charge is 0.454 e. The van der Waals surface area contributed by atoms with Gasteiger partial charge in [0.05, 0.1) is 0 Å². The van der Waals surface area contributed by atoms with E-state index in [-0.39, 0.29) is 5.75 Å². The van der Waals surface area contributed by atoms with E-state index in [0.29, 0.717) is 5.75 Å². The van der Waals surface area contributed by atoms with E-state index in [9.17, 15) is 8.78 Å². The van der Waals surface area contributed by atoms with Gasteiger partial charge in [-0.2, -0.15) is 0 Å². The molecule has 1 heterocycles. The number of rotatable bonds is 5. The Morgan fingerprint density at radius 3 is 2.46 bits per heavy atom. The molecule has 24 heavy (non-hydrogen) atoms. The third kappa shape index (κ3) is 4.20. The highest BCUT2D eigenvalue weighted by molar-refractivity contribution is 5.64. The maximum atomic E-state index is 13.6. The predicted molar refractivity (Wildman–Crippen MR) is 92.2 cm³/mol. The minimum atomic E-state index is -0.708. The summed E-state index contributed by atoms with van der Waals surface area (Å²) in [4.78, 5) is 2.44. The molecule has 0 radical (unpaired) electrons. The summed E-state index contributed by atoms with van der Waals surface area (Å²) in [6, 6.07) is 10.8. The normalized spacial score (nSPS) is 15.7. The maximum Gasteiger partial charge on any atom is 0.168 e. The van der Waals surface area contributed by atoms with Crippen LogP contribution in [0, 0.1) is 11.6 Å². The van der Waals surface area contributed by atoms with Crippen LogP contribution in [0.2, 0.25) is 0 Å². The van der Waals surface area contributed by atoms with Gasteiger partial charge in [-0.05, 0) is 68.3 Å². The van der Waals surface area contributed by atoms with Crippen LogP contribution < -0.4 is 4.74 Å². The second-order valence-electron chi connectivity index (χ2n) is 6.10. The molecule has 1 saturated heterocycles. The molecule has 0 atom stereocenters. The van der Waals surface area contributed by atoms with Crippen LogP contribution in [0.3, 0.4) is 0 Å². The number of allylic oxidation sites excluding steroid dienone is 1. The molecule has 0 unspecified atom stereocenters. The molecule has 1 aliphatic rings. The van der Waals surface area contributed by atoms with Gasteiger partial charge in [0.25, 0.3) is 0 Å². The van der Waals surface area contributed by atoms with Crippen molar-refractivity contribution in [3.05, 3.63) is 65.7 Å². The summed E-state index contributed by atoms with van der Waals surface area (Å²) in [7, 11) is 0. The van der Waals surface area contributed by atoms with Gasteiger partial charge in [0.2, 0.25) is 0 Å². The predicted octanol–water partition coefficient (Wildman–Crippen LogP) is 5.26. The van der Waals surface area contributed by atoms with Gasteiger partial charge in [-0.1, -0.05) is 18.2 Å². The lowest BCUT2D eigenvalue weighted by Crippen LogP contribution is -2.18. The summed E-state index contributed by atoms with van der Waals surface area (Å²) in [5, 5.41) is 0. The zero-order valence-corrected chi connectivity index (χ0v) is 13.8. The Kier molecular flexibility index (Phi) is 5.26. The molecule has 1 aliphatic heterocycles. The first-order chi connectivity index (χ1) is 11.6. The SMILES string of the molecule is CC(=CCN1CCCC1)c1ccc(Oc2ccc(F)cc2F)cc1. The first-order valence-electron chi connectivity index (χ1n) is 8.24. The van der Waals surface area contributed by atoms with Gasteiger partial charge in [-0.25, -0.2) is 8.78 Å². The highest BCUT2D eigenvalue weighted by Crippen LogP contribution is 2.26. The summed E-state index contributed by atoms with van der Waals surface area (Å²) < 4.78 is 32.0. The van der Waals surface area contributed by atoms with Crippen LogP contribution in [0.4, 0.5) is 8.78 Å². The highest BCUT2D eigenvalue weighted by atomic mass is 19.1. The molecule has 2 aromatic rings. The molecule has 0 saturated carbocycles. The number of benzene rings is 2. The average molecular weight is 329 g/mol. The zero-order chi connectivity index (χ0) is 16.9. The molecule has 0 N–H and O–H groups in total. The Hall–Kier alpha value is -2.20. The van der Waals surface area contributed by atoms with Crippen molar-refractivity contribution in [3.8, 4) is 11.5 Å². The lowest BCUT2D eigenvalue weighted by atomic mass is 10.1. The lowest BCUT2D eigenvalue weighted by Gasteiger charge is -2.12. The van der Waals surface area contributed by atoms with Crippen LogP contribution >= 0.6 is 0 Å². The fraction of sp³-hybridized carbons (Fsp3) is 0.300. The molecule has 1 fully saturated rings. The van der Waals surface area contributed by atoms with Crippen LogP contribution in [0.25, 0.3) is 5.57 Å². The molecule has 0 bridgehead atoms. The molecular weight excluding hydrogens is 308 g/mol. The number of nitrogens with zero attached hydrogens (tertiary/aromatic N) is 1. The van der Waals surface area contributed by atoms with Crippen molar-refractivity contribution in [1.82, 2.24) is 4.90 Å². The molecular formula is C20H21F2NO. The number of likely N-dealkylation sites (tertiary alicyclic amines) is 1. The van der Waals surface area contributed by atoms with E-state index < -0.39 is 11.6 Å². The second-order valence-corrected chi connectivity index (χ2v) is 6.10. The first-order valence-corrected chi connectivity index (χ1v) is 8.24. The number of halogens is 2. The Bertz CT molecular complexity index is 719. The molecule has 0 amide bonds. The Balaban J connectivity index is 1.65. The van der Waals surface area contributed by atoms with Gasteiger partial charge in [0.1, 0.15) is 11.6 Å². The van der Waals surface area contributed by atoms with Crippen LogP contribution in [0.15, 0.2) is 48.5 Å². The minimum absolute atomic E-state index is 0.0189. The van der Waals surface area contributed by atoms with Crippen molar-refractivity contribution in [2.75, 3.05) is 19.6 Å². The lowest BCUT2D eigenvalue weighted by molar-refractivity contribution is 0.377. The fourth-order valence-electron chi connectivity index (χ4n) is 2.82. The standard InChI is InChI=1S/C20H21F2NO/c1-15(10-13-23-11-2-3-12-23)16-4-7-18(8-5-16)24-20-9-6-17(21)14-19(20)22/h4-10,14H,2-3,11-13H2,1H3. The number of ether oxygens (including phenoxy) is 1. The second kappa shape index (κ2) is 7.58. The van der Waals surface area contributed by atoms with Crippen molar-refractivity contribution >= 4 is 5.57 Å². The van der Waals surface area contributed by atoms with Crippen molar-refractivity contribution in [2.24, 2.45) is 0 Å². The molecule has 126 valence electrons. The van der Waals surface area contributed by atoms with Crippen LogP contribution in [-0.2, 0) is 0 Å². The molecule has 0 spiro atoms. The minimum Gasteiger partial charge on any atom is -0.454 e. The Labute approximate surface area is 141 Å². The molecule has 2 aromatic carbocycles. The van der Waals surface area contributed by atoms with E-state index in [1.54, 1.807) is 12.1 Å². The van der Waals surface area contributed by atoms with Crippen molar-refractivity contribution in [2.45, 2.75) is 19.8 Å². The zero-order valence-electron chi connectivity index (χ0n) is 13.8. The number of hydrogen-bond donors (Lipinski definition) is 0. The van der Waals surface area contributed by atoms with Crippen LogP contribution in [-0.4, -0.2) is 24.5 Å². The molecule has 0 aromatic heterocycles. The first kappa shape index (κ1) is 16.7. The van der Waals surface area contributed by atoms with Crippen LogP contribution in [0.1, 0.15) is 25.3 Å². The van der Waals surface area contributed by atoms with Crippen molar-refractivity contribution < 1.29 is 13.5 Å². The van der Waals surface area contributed by atoms with E-state index in [0.717, 1.165) is 18.2 Å². The van der Waals surface area contributed by atoms with Gasteiger partial charge >= 0.3 is 0 Å². The van der Waals surface area contributed by atoms with Gasteiger partial charge in [0, 0.05) is 12.6 Å². The summed E-state index contributed by atoms with van der Waals surface area (Å²) in [6.45, 7) is 5.43. The van der Waals surface area contributed by atoms with E-state index in [2.05, 4.69) is 17.9 Å². The van der Waals surface area contributed by atoms with Crippen LogP contribution in [0.5, 0.6) is 11.5 Å². The Morgan fingerprint density at radius 2 is 1.79 bits per heavy atom. The van der Waals surface area contributed by atoms with Crippen molar-refractivity contribution in [3.63, 3.8) is 0 Å². The third-order valence-electron chi connectivity index (χ3n) is 4.29. The molecule has 3 rings (SSSR count). The van der Waals surface area contributed by atoms with Crippen molar-refractivity contribution in [1.29, 1.82) is 0 Å². The van der Waals surface area contributed by atoms with Gasteiger partial charge in [0.15, 0.2) is 11.6 Å². The maximum absolute atomic E-state index is 13.6. The quantitative estimate of drug-likeness (QED) is 0.742.